The molecular weight excluding hydrogens is 264 g/mol. The number of amides is 1. The summed E-state index contributed by atoms with van der Waals surface area (Å²) in [6, 6.07) is 16.0. The van der Waals surface area contributed by atoms with Gasteiger partial charge in [0, 0.05) is 6.54 Å². The molecule has 0 aliphatic rings. The van der Waals surface area contributed by atoms with Crippen LogP contribution < -0.4 is 11.1 Å². The Balaban J connectivity index is 1.91. The normalized spacial score (nSPS) is 13.5. The van der Waals surface area contributed by atoms with Crippen molar-refractivity contribution in [3.8, 4) is 0 Å². The highest BCUT2D eigenvalue weighted by Crippen LogP contribution is 2.13. The Labute approximate surface area is 124 Å². The molecule has 4 N–H and O–H groups in total. The fourth-order valence-electron chi connectivity index (χ4n) is 2.03. The first kappa shape index (κ1) is 15.2. The van der Waals surface area contributed by atoms with E-state index in [1.165, 1.54) is 0 Å². The van der Waals surface area contributed by atoms with Gasteiger partial charge in [0.1, 0.15) is 6.04 Å². The highest BCUT2D eigenvalue weighted by atomic mass is 16.3. The lowest BCUT2D eigenvalue weighted by atomic mass is 10.0. The molecule has 0 heterocycles. The Morgan fingerprint density at radius 2 is 1.71 bits per heavy atom. The molecule has 4 heteroatoms. The molecule has 0 aliphatic carbocycles. The van der Waals surface area contributed by atoms with Crippen molar-refractivity contribution in [2.75, 3.05) is 6.54 Å². The zero-order valence-electron chi connectivity index (χ0n) is 12.0. The number of hydrogen-bond acceptors (Lipinski definition) is 3. The molecule has 110 valence electrons. The second-order valence-electron chi connectivity index (χ2n) is 5.06. The van der Waals surface area contributed by atoms with E-state index >= 15 is 0 Å². The molecule has 1 amide bonds. The second-order valence-corrected chi connectivity index (χ2v) is 5.06. The Kier molecular flexibility index (Phi) is 5.09. The van der Waals surface area contributed by atoms with Gasteiger partial charge < -0.3 is 16.2 Å². The van der Waals surface area contributed by atoms with Crippen molar-refractivity contribution < 1.29 is 9.90 Å². The number of benzene rings is 2. The largest absolute Gasteiger partial charge is 0.387 e. The molecular formula is C17H20N2O2. The third-order valence-corrected chi connectivity index (χ3v) is 3.37. The molecule has 0 fully saturated rings. The third kappa shape index (κ3) is 4.15. The lowest BCUT2D eigenvalue weighted by Gasteiger charge is -2.16. The summed E-state index contributed by atoms with van der Waals surface area (Å²) >= 11 is 0. The Hall–Kier alpha value is -2.17. The van der Waals surface area contributed by atoms with Crippen LogP contribution in [0.4, 0.5) is 0 Å². The maximum atomic E-state index is 12.0. The van der Waals surface area contributed by atoms with E-state index in [0.717, 1.165) is 16.7 Å². The first-order valence-corrected chi connectivity index (χ1v) is 6.91. The van der Waals surface area contributed by atoms with Crippen molar-refractivity contribution >= 4 is 5.91 Å². The Morgan fingerprint density at radius 3 is 2.33 bits per heavy atom. The third-order valence-electron chi connectivity index (χ3n) is 3.37. The van der Waals surface area contributed by atoms with Gasteiger partial charge >= 0.3 is 0 Å². The van der Waals surface area contributed by atoms with Crippen LogP contribution in [0.2, 0.25) is 0 Å². The second kappa shape index (κ2) is 7.02. The molecule has 2 unspecified atom stereocenters. The van der Waals surface area contributed by atoms with Crippen LogP contribution in [0.15, 0.2) is 54.6 Å². The van der Waals surface area contributed by atoms with E-state index in [1.807, 2.05) is 61.5 Å². The summed E-state index contributed by atoms with van der Waals surface area (Å²) in [5, 5.41) is 12.7. The number of nitrogens with one attached hydrogen (secondary N) is 1. The predicted molar refractivity (Wildman–Crippen MR) is 82.5 cm³/mol. The highest BCUT2D eigenvalue weighted by Gasteiger charge is 2.16. The van der Waals surface area contributed by atoms with Gasteiger partial charge in [0.05, 0.1) is 6.10 Å². The fraction of sp³-hybridized carbons (Fsp3) is 0.235. The molecule has 0 saturated heterocycles. The van der Waals surface area contributed by atoms with Crippen molar-refractivity contribution in [2.24, 2.45) is 5.73 Å². The van der Waals surface area contributed by atoms with Gasteiger partial charge in [0.2, 0.25) is 5.91 Å². The summed E-state index contributed by atoms with van der Waals surface area (Å²) in [4.78, 5) is 12.0. The maximum Gasteiger partial charge on any atom is 0.241 e. The summed E-state index contributed by atoms with van der Waals surface area (Å²) in [7, 11) is 0. The van der Waals surface area contributed by atoms with E-state index in [4.69, 9.17) is 5.73 Å². The van der Waals surface area contributed by atoms with Crippen molar-refractivity contribution in [3.63, 3.8) is 0 Å². The highest BCUT2D eigenvalue weighted by molar-refractivity contribution is 5.82. The smallest absolute Gasteiger partial charge is 0.241 e. The van der Waals surface area contributed by atoms with E-state index < -0.39 is 12.1 Å². The first-order chi connectivity index (χ1) is 10.1. The average Bonchev–Trinajstić information content (AvgIpc) is 2.53. The summed E-state index contributed by atoms with van der Waals surface area (Å²) < 4.78 is 0. The van der Waals surface area contributed by atoms with Crippen LogP contribution in [-0.4, -0.2) is 17.6 Å². The van der Waals surface area contributed by atoms with E-state index in [-0.39, 0.29) is 12.5 Å². The molecule has 0 aromatic heterocycles. The van der Waals surface area contributed by atoms with Gasteiger partial charge in [0.15, 0.2) is 0 Å². The standard InChI is InChI=1S/C17H20N2O2/c1-12-7-9-14(10-8-12)16(18)17(21)19-11-15(20)13-5-3-2-4-6-13/h2-10,15-16,20H,11,18H2,1H3,(H,19,21). The number of nitrogens with two attached hydrogens (primary N) is 1. The van der Waals surface area contributed by atoms with Crippen molar-refractivity contribution in [1.82, 2.24) is 5.32 Å². The van der Waals surface area contributed by atoms with Crippen molar-refractivity contribution in [1.29, 1.82) is 0 Å². The minimum absolute atomic E-state index is 0.141. The van der Waals surface area contributed by atoms with Gasteiger partial charge in [-0.2, -0.15) is 0 Å². The molecule has 0 aliphatic heterocycles. The van der Waals surface area contributed by atoms with Gasteiger partial charge in [-0.1, -0.05) is 60.2 Å². The van der Waals surface area contributed by atoms with Crippen LogP contribution in [-0.2, 0) is 4.79 Å². The molecule has 21 heavy (non-hydrogen) atoms. The number of carbonyl (C=O) groups excluding carboxylic acids is 1. The SMILES string of the molecule is Cc1ccc(C(N)C(=O)NCC(O)c2ccccc2)cc1. The van der Waals surface area contributed by atoms with Gasteiger partial charge in [-0.15, -0.1) is 0 Å². The summed E-state index contributed by atoms with van der Waals surface area (Å²) in [5.41, 5.74) is 8.56. The first-order valence-electron chi connectivity index (χ1n) is 6.91. The molecule has 4 nitrogen and oxygen atoms in total. The van der Waals surface area contributed by atoms with Crippen LogP contribution in [0.1, 0.15) is 28.8 Å². The van der Waals surface area contributed by atoms with Crippen LogP contribution >= 0.6 is 0 Å². The minimum atomic E-state index is -0.736. The average molecular weight is 284 g/mol. The summed E-state index contributed by atoms with van der Waals surface area (Å²) in [6.45, 7) is 2.12. The number of aryl methyl sites for hydroxylation is 1. The van der Waals surface area contributed by atoms with Crippen LogP contribution in [0.25, 0.3) is 0 Å². The monoisotopic (exact) mass is 284 g/mol. The minimum Gasteiger partial charge on any atom is -0.387 e. The van der Waals surface area contributed by atoms with Crippen molar-refractivity contribution in [3.05, 3.63) is 71.3 Å². The van der Waals surface area contributed by atoms with Crippen LogP contribution in [0.5, 0.6) is 0 Å². The topological polar surface area (TPSA) is 75.4 Å². The predicted octanol–water partition coefficient (Wildman–Crippen LogP) is 1.84. The number of aliphatic hydroxyl groups excluding tert-OH is 1. The molecule has 2 rings (SSSR count). The number of rotatable bonds is 5. The van der Waals surface area contributed by atoms with E-state index in [0.29, 0.717) is 0 Å². The molecule has 0 radical (unpaired) electrons. The van der Waals surface area contributed by atoms with E-state index in [9.17, 15) is 9.90 Å². The Bertz CT molecular complexity index is 581. The molecule has 2 atom stereocenters. The summed E-state index contributed by atoms with van der Waals surface area (Å²) in [6.07, 6.45) is -0.736. The number of hydrogen-bond donors (Lipinski definition) is 3. The van der Waals surface area contributed by atoms with Gasteiger partial charge in [-0.3, -0.25) is 4.79 Å². The lowest BCUT2D eigenvalue weighted by Crippen LogP contribution is -2.36. The summed E-state index contributed by atoms with van der Waals surface area (Å²) in [5.74, 6) is -0.297. The molecule has 0 saturated carbocycles. The van der Waals surface area contributed by atoms with Gasteiger partial charge in [-0.25, -0.2) is 0 Å². The zero-order chi connectivity index (χ0) is 15.2. The Morgan fingerprint density at radius 1 is 1.10 bits per heavy atom. The molecule has 0 spiro atoms. The molecule has 0 bridgehead atoms. The maximum absolute atomic E-state index is 12.0. The van der Waals surface area contributed by atoms with E-state index in [1.54, 1.807) is 0 Å². The number of carbonyl (C=O) groups is 1. The lowest BCUT2D eigenvalue weighted by molar-refractivity contribution is -0.122. The molecule has 2 aromatic carbocycles. The molecule has 2 aromatic rings. The van der Waals surface area contributed by atoms with E-state index in [2.05, 4.69) is 5.32 Å². The van der Waals surface area contributed by atoms with Crippen LogP contribution in [0.3, 0.4) is 0 Å². The number of aliphatic hydroxyl groups is 1. The fourth-order valence-corrected chi connectivity index (χ4v) is 2.03. The quantitative estimate of drug-likeness (QED) is 0.784. The zero-order valence-corrected chi connectivity index (χ0v) is 12.0. The van der Waals surface area contributed by atoms with Crippen molar-refractivity contribution in [2.45, 2.75) is 19.1 Å². The van der Waals surface area contributed by atoms with Gasteiger partial charge in [0.25, 0.3) is 0 Å². The van der Waals surface area contributed by atoms with Crippen LogP contribution in [0, 0.1) is 6.92 Å². The van der Waals surface area contributed by atoms with Gasteiger partial charge in [-0.05, 0) is 18.1 Å².